The highest BCUT2D eigenvalue weighted by Crippen LogP contribution is 2.12. The SMILES string of the molecule is CN(CC(=O)O)Cc1cc(C(N)=O)ccc1F. The van der Waals surface area contributed by atoms with Gasteiger partial charge in [0.15, 0.2) is 0 Å². The van der Waals surface area contributed by atoms with Crippen LogP contribution in [0.3, 0.4) is 0 Å². The summed E-state index contributed by atoms with van der Waals surface area (Å²) < 4.78 is 13.4. The fourth-order valence-electron chi connectivity index (χ4n) is 1.43. The molecule has 0 aliphatic rings. The summed E-state index contributed by atoms with van der Waals surface area (Å²) in [6.45, 7) is -0.112. The number of carboxylic acids is 1. The molecule has 92 valence electrons. The van der Waals surface area contributed by atoms with Crippen LogP contribution in [0.15, 0.2) is 18.2 Å². The summed E-state index contributed by atoms with van der Waals surface area (Å²) in [5, 5.41) is 8.56. The van der Waals surface area contributed by atoms with E-state index in [4.69, 9.17) is 10.8 Å². The lowest BCUT2D eigenvalue weighted by atomic mass is 10.1. The third-order valence-electron chi connectivity index (χ3n) is 2.18. The number of rotatable bonds is 5. The number of hydrogen-bond donors (Lipinski definition) is 2. The molecule has 1 amide bonds. The van der Waals surface area contributed by atoms with Crippen molar-refractivity contribution in [1.82, 2.24) is 4.90 Å². The molecule has 0 aromatic heterocycles. The Labute approximate surface area is 97.6 Å². The molecule has 0 bridgehead atoms. The van der Waals surface area contributed by atoms with Gasteiger partial charge in [0, 0.05) is 17.7 Å². The number of primary amides is 1. The molecule has 1 rings (SSSR count). The maximum atomic E-state index is 13.4. The van der Waals surface area contributed by atoms with Gasteiger partial charge >= 0.3 is 5.97 Å². The van der Waals surface area contributed by atoms with E-state index in [1.165, 1.54) is 17.0 Å². The lowest BCUT2D eigenvalue weighted by Gasteiger charge is -2.14. The summed E-state index contributed by atoms with van der Waals surface area (Å²) in [5.41, 5.74) is 5.52. The van der Waals surface area contributed by atoms with Crippen molar-refractivity contribution in [3.05, 3.63) is 35.1 Å². The molecule has 0 saturated heterocycles. The number of halogens is 1. The van der Waals surface area contributed by atoms with Crippen molar-refractivity contribution < 1.29 is 19.1 Å². The number of nitrogens with two attached hydrogens (primary N) is 1. The summed E-state index contributed by atoms with van der Waals surface area (Å²) in [6.07, 6.45) is 0. The van der Waals surface area contributed by atoms with Gasteiger partial charge in [-0.15, -0.1) is 0 Å². The topological polar surface area (TPSA) is 83.6 Å². The van der Waals surface area contributed by atoms with Crippen molar-refractivity contribution in [3.63, 3.8) is 0 Å². The number of likely N-dealkylation sites (N-methyl/N-ethyl adjacent to an activating group) is 1. The van der Waals surface area contributed by atoms with Crippen LogP contribution in [-0.4, -0.2) is 35.5 Å². The Hall–Kier alpha value is -1.95. The number of carbonyl (C=O) groups is 2. The van der Waals surface area contributed by atoms with Crippen LogP contribution < -0.4 is 5.73 Å². The van der Waals surface area contributed by atoms with Gasteiger partial charge in [-0.1, -0.05) is 0 Å². The Morgan fingerprint density at radius 2 is 2.12 bits per heavy atom. The highest BCUT2D eigenvalue weighted by molar-refractivity contribution is 5.92. The molecule has 0 atom stereocenters. The van der Waals surface area contributed by atoms with Gasteiger partial charge in [0.1, 0.15) is 5.82 Å². The summed E-state index contributed by atoms with van der Waals surface area (Å²) in [6, 6.07) is 3.76. The van der Waals surface area contributed by atoms with E-state index >= 15 is 0 Å². The molecule has 0 fully saturated rings. The maximum Gasteiger partial charge on any atom is 0.317 e. The van der Waals surface area contributed by atoms with Gasteiger partial charge in [0.25, 0.3) is 0 Å². The minimum atomic E-state index is -1.00. The normalized spacial score (nSPS) is 10.5. The summed E-state index contributed by atoms with van der Waals surface area (Å²) in [7, 11) is 1.55. The Kier molecular flexibility index (Phi) is 4.17. The number of hydrogen-bond acceptors (Lipinski definition) is 3. The van der Waals surface area contributed by atoms with Crippen LogP contribution in [0.4, 0.5) is 4.39 Å². The van der Waals surface area contributed by atoms with E-state index in [0.717, 1.165) is 6.07 Å². The minimum Gasteiger partial charge on any atom is -0.480 e. The quantitative estimate of drug-likeness (QED) is 0.782. The molecule has 0 saturated carbocycles. The van der Waals surface area contributed by atoms with Gasteiger partial charge in [0.2, 0.25) is 5.91 Å². The van der Waals surface area contributed by atoms with Crippen molar-refractivity contribution >= 4 is 11.9 Å². The zero-order chi connectivity index (χ0) is 13.0. The molecule has 0 unspecified atom stereocenters. The number of aliphatic carboxylic acids is 1. The number of nitrogens with zero attached hydrogens (tertiary/aromatic N) is 1. The number of benzene rings is 1. The van der Waals surface area contributed by atoms with Gasteiger partial charge < -0.3 is 10.8 Å². The van der Waals surface area contributed by atoms with E-state index in [1.54, 1.807) is 7.05 Å². The molecule has 1 aromatic rings. The van der Waals surface area contributed by atoms with Gasteiger partial charge in [-0.2, -0.15) is 0 Å². The second kappa shape index (κ2) is 5.40. The highest BCUT2D eigenvalue weighted by Gasteiger charge is 2.11. The third-order valence-corrected chi connectivity index (χ3v) is 2.18. The molecule has 0 aliphatic carbocycles. The van der Waals surface area contributed by atoms with E-state index in [-0.39, 0.29) is 24.2 Å². The predicted molar refractivity (Wildman–Crippen MR) is 58.9 cm³/mol. The number of amides is 1. The van der Waals surface area contributed by atoms with Gasteiger partial charge in [0.05, 0.1) is 6.54 Å². The monoisotopic (exact) mass is 240 g/mol. The lowest BCUT2D eigenvalue weighted by Crippen LogP contribution is -2.25. The largest absolute Gasteiger partial charge is 0.480 e. The average Bonchev–Trinajstić information content (AvgIpc) is 2.19. The Bertz CT molecular complexity index is 448. The smallest absolute Gasteiger partial charge is 0.317 e. The van der Waals surface area contributed by atoms with Crippen molar-refractivity contribution in [3.8, 4) is 0 Å². The average molecular weight is 240 g/mol. The van der Waals surface area contributed by atoms with Crippen molar-refractivity contribution in [2.45, 2.75) is 6.54 Å². The first-order valence-electron chi connectivity index (χ1n) is 4.88. The van der Waals surface area contributed by atoms with Crippen LogP contribution >= 0.6 is 0 Å². The molecule has 1 aromatic carbocycles. The van der Waals surface area contributed by atoms with Gasteiger partial charge in [-0.25, -0.2) is 4.39 Å². The van der Waals surface area contributed by atoms with E-state index in [2.05, 4.69) is 0 Å². The zero-order valence-electron chi connectivity index (χ0n) is 9.31. The number of carboxylic acid groups (broad SMARTS) is 1. The molecule has 0 heterocycles. The fraction of sp³-hybridized carbons (Fsp3) is 0.273. The summed E-state index contributed by atoms with van der Waals surface area (Å²) >= 11 is 0. The molecule has 0 radical (unpaired) electrons. The molecule has 0 spiro atoms. The van der Waals surface area contributed by atoms with Crippen LogP contribution in [0.25, 0.3) is 0 Å². The molecule has 3 N–H and O–H groups in total. The molecule has 5 nitrogen and oxygen atoms in total. The second-order valence-electron chi connectivity index (χ2n) is 3.74. The van der Waals surface area contributed by atoms with Gasteiger partial charge in [-0.05, 0) is 25.2 Å². The maximum absolute atomic E-state index is 13.4. The third kappa shape index (κ3) is 3.84. The number of carbonyl (C=O) groups excluding carboxylic acids is 1. The van der Waals surface area contributed by atoms with E-state index < -0.39 is 17.7 Å². The molecule has 17 heavy (non-hydrogen) atoms. The fourth-order valence-corrected chi connectivity index (χ4v) is 1.43. The zero-order valence-corrected chi connectivity index (χ0v) is 9.31. The van der Waals surface area contributed by atoms with E-state index in [0.29, 0.717) is 0 Å². The van der Waals surface area contributed by atoms with Crippen molar-refractivity contribution in [1.29, 1.82) is 0 Å². The Morgan fingerprint density at radius 1 is 1.47 bits per heavy atom. The summed E-state index contributed by atoms with van der Waals surface area (Å²) in [5.74, 6) is -2.14. The van der Waals surface area contributed by atoms with Crippen molar-refractivity contribution in [2.75, 3.05) is 13.6 Å². The molecular weight excluding hydrogens is 227 g/mol. The first-order chi connectivity index (χ1) is 7.90. The minimum absolute atomic E-state index is 0.0965. The molecule has 6 heteroatoms. The van der Waals surface area contributed by atoms with Crippen LogP contribution in [0.5, 0.6) is 0 Å². The lowest BCUT2D eigenvalue weighted by molar-refractivity contribution is -0.138. The van der Waals surface area contributed by atoms with Crippen molar-refractivity contribution in [2.24, 2.45) is 5.73 Å². The standard InChI is InChI=1S/C11H13FN2O3/c1-14(6-10(15)16)5-8-4-7(11(13)17)2-3-9(8)12/h2-4H,5-6H2,1H3,(H2,13,17)(H,15,16). The van der Waals surface area contributed by atoms with Gasteiger partial charge in [-0.3, -0.25) is 14.5 Å². The first kappa shape index (κ1) is 13.1. The first-order valence-corrected chi connectivity index (χ1v) is 4.88. The Balaban J connectivity index is 2.86. The van der Waals surface area contributed by atoms with E-state index in [9.17, 15) is 14.0 Å². The summed E-state index contributed by atoms with van der Waals surface area (Å²) in [4.78, 5) is 22.8. The second-order valence-corrected chi connectivity index (χ2v) is 3.74. The Morgan fingerprint density at radius 3 is 2.65 bits per heavy atom. The molecule has 0 aliphatic heterocycles. The highest BCUT2D eigenvalue weighted by atomic mass is 19.1. The molecular formula is C11H13FN2O3. The van der Waals surface area contributed by atoms with Crippen LogP contribution in [0.1, 0.15) is 15.9 Å². The predicted octanol–water partition coefficient (Wildman–Crippen LogP) is 0.441. The van der Waals surface area contributed by atoms with Crippen LogP contribution in [0.2, 0.25) is 0 Å². The van der Waals surface area contributed by atoms with E-state index in [1.807, 2.05) is 0 Å². The van der Waals surface area contributed by atoms with Crippen LogP contribution in [-0.2, 0) is 11.3 Å². The van der Waals surface area contributed by atoms with Crippen LogP contribution in [0, 0.1) is 5.82 Å².